The summed E-state index contributed by atoms with van der Waals surface area (Å²) in [6, 6.07) is 3.98. The van der Waals surface area contributed by atoms with E-state index in [2.05, 4.69) is 20.3 Å². The van der Waals surface area contributed by atoms with E-state index in [1.807, 2.05) is 28.9 Å². The van der Waals surface area contributed by atoms with Crippen molar-refractivity contribution in [3.8, 4) is 0 Å². The van der Waals surface area contributed by atoms with Crippen LogP contribution in [0.2, 0.25) is 0 Å². The Morgan fingerprint density at radius 1 is 1.17 bits per heavy atom. The highest BCUT2D eigenvalue weighted by molar-refractivity contribution is 5.98. The van der Waals surface area contributed by atoms with Crippen LogP contribution in [-0.4, -0.2) is 57.3 Å². The normalized spacial score (nSPS) is 19.2. The van der Waals surface area contributed by atoms with Crippen LogP contribution in [0.25, 0.3) is 0 Å². The Hall–Kier alpha value is -3.23. The maximum absolute atomic E-state index is 11.9. The minimum atomic E-state index is -0.601. The largest absolute Gasteiger partial charge is 0.365 e. The zero-order chi connectivity index (χ0) is 20.5. The molecule has 2 aromatic rings. The van der Waals surface area contributed by atoms with Gasteiger partial charge in [-0.1, -0.05) is 0 Å². The lowest BCUT2D eigenvalue weighted by molar-refractivity contribution is -0.129. The van der Waals surface area contributed by atoms with Gasteiger partial charge in [0.25, 0.3) is 5.91 Å². The lowest BCUT2D eigenvalue weighted by atomic mass is 10.2. The van der Waals surface area contributed by atoms with Crippen LogP contribution in [0.3, 0.4) is 0 Å². The van der Waals surface area contributed by atoms with E-state index in [4.69, 9.17) is 5.73 Å². The van der Waals surface area contributed by atoms with Gasteiger partial charge in [-0.3, -0.25) is 14.6 Å². The number of piperazine rings is 1. The smallest absolute Gasteiger partial charge is 0.254 e. The third kappa shape index (κ3) is 4.13. The standard InChI is InChI=1S/C20H25N7O2/c1-12-11-26(13(2)28)7-8-27(12)20-23-10-16(18(21)29)19(25-20)24-15-5-6-17(22-9-15)14-3-4-14/h5-6,9-10,12,14H,3-4,7-8,11H2,1-2H3,(H2,21,29)(H,23,24,25). The molecule has 1 aliphatic carbocycles. The number of anilines is 3. The van der Waals surface area contributed by atoms with E-state index >= 15 is 0 Å². The summed E-state index contributed by atoms with van der Waals surface area (Å²) in [5, 5.41) is 3.16. The number of primary amides is 1. The molecule has 29 heavy (non-hydrogen) atoms. The van der Waals surface area contributed by atoms with Gasteiger partial charge >= 0.3 is 0 Å². The van der Waals surface area contributed by atoms with Crippen molar-refractivity contribution >= 4 is 29.3 Å². The predicted molar refractivity (Wildman–Crippen MR) is 109 cm³/mol. The number of hydrogen-bond donors (Lipinski definition) is 2. The van der Waals surface area contributed by atoms with Crippen LogP contribution in [0.5, 0.6) is 0 Å². The number of nitrogens with two attached hydrogens (primary N) is 1. The SMILES string of the molecule is CC(=O)N1CCN(c2ncc(C(N)=O)c(Nc3ccc(C4CC4)nc3)n2)C(C)C1. The molecule has 2 amide bonds. The molecule has 4 rings (SSSR count). The van der Waals surface area contributed by atoms with E-state index < -0.39 is 5.91 Å². The van der Waals surface area contributed by atoms with Crippen LogP contribution in [0.15, 0.2) is 24.5 Å². The molecule has 0 radical (unpaired) electrons. The van der Waals surface area contributed by atoms with E-state index in [-0.39, 0.29) is 17.5 Å². The van der Waals surface area contributed by atoms with Gasteiger partial charge in [-0.25, -0.2) is 4.98 Å². The van der Waals surface area contributed by atoms with Crippen molar-refractivity contribution in [3.63, 3.8) is 0 Å². The number of carbonyl (C=O) groups excluding carboxylic acids is 2. The molecule has 152 valence electrons. The molecule has 2 fully saturated rings. The van der Waals surface area contributed by atoms with Crippen LogP contribution < -0.4 is 16.0 Å². The van der Waals surface area contributed by atoms with Gasteiger partial charge in [0, 0.05) is 50.4 Å². The molecule has 1 aliphatic heterocycles. The number of carbonyl (C=O) groups is 2. The monoisotopic (exact) mass is 395 g/mol. The highest BCUT2D eigenvalue weighted by Gasteiger charge is 2.28. The van der Waals surface area contributed by atoms with E-state index in [1.165, 1.54) is 19.0 Å². The van der Waals surface area contributed by atoms with Crippen molar-refractivity contribution in [2.75, 3.05) is 29.9 Å². The molecule has 0 aromatic carbocycles. The highest BCUT2D eigenvalue weighted by Crippen LogP contribution is 2.39. The number of rotatable bonds is 5. The molecule has 0 bridgehead atoms. The van der Waals surface area contributed by atoms with Crippen molar-refractivity contribution in [1.29, 1.82) is 0 Å². The number of nitrogens with one attached hydrogen (secondary N) is 1. The molecule has 1 atom stereocenters. The summed E-state index contributed by atoms with van der Waals surface area (Å²) < 4.78 is 0. The summed E-state index contributed by atoms with van der Waals surface area (Å²) in [4.78, 5) is 40.8. The van der Waals surface area contributed by atoms with Crippen molar-refractivity contribution in [2.24, 2.45) is 5.73 Å². The predicted octanol–water partition coefficient (Wildman–Crippen LogP) is 1.65. The van der Waals surface area contributed by atoms with E-state index in [0.29, 0.717) is 37.3 Å². The van der Waals surface area contributed by atoms with E-state index in [9.17, 15) is 9.59 Å². The Bertz CT molecular complexity index is 927. The molecular weight excluding hydrogens is 370 g/mol. The molecule has 1 saturated carbocycles. The fraction of sp³-hybridized carbons (Fsp3) is 0.450. The maximum Gasteiger partial charge on any atom is 0.254 e. The molecule has 9 nitrogen and oxygen atoms in total. The molecule has 9 heteroatoms. The second kappa shape index (κ2) is 7.65. The van der Waals surface area contributed by atoms with Crippen molar-refractivity contribution in [3.05, 3.63) is 35.8 Å². The van der Waals surface area contributed by atoms with Gasteiger partial charge in [0.15, 0.2) is 0 Å². The Labute approximate surface area is 169 Å². The van der Waals surface area contributed by atoms with Crippen LogP contribution in [0, 0.1) is 0 Å². The second-order valence-electron chi connectivity index (χ2n) is 7.67. The fourth-order valence-corrected chi connectivity index (χ4v) is 3.56. The minimum absolute atomic E-state index is 0.0550. The van der Waals surface area contributed by atoms with Crippen molar-refractivity contribution < 1.29 is 9.59 Å². The van der Waals surface area contributed by atoms with Crippen LogP contribution in [-0.2, 0) is 4.79 Å². The molecule has 0 spiro atoms. The first-order valence-electron chi connectivity index (χ1n) is 9.84. The molecule has 3 N–H and O–H groups in total. The topological polar surface area (TPSA) is 117 Å². The third-order valence-corrected chi connectivity index (χ3v) is 5.42. The Kier molecular flexibility index (Phi) is 5.04. The Morgan fingerprint density at radius 2 is 1.97 bits per heavy atom. The summed E-state index contributed by atoms with van der Waals surface area (Å²) in [6.45, 7) is 5.43. The lowest BCUT2D eigenvalue weighted by Crippen LogP contribution is -2.53. The highest BCUT2D eigenvalue weighted by atomic mass is 16.2. The van der Waals surface area contributed by atoms with Crippen LogP contribution in [0.1, 0.15) is 48.7 Å². The van der Waals surface area contributed by atoms with Gasteiger partial charge in [-0.05, 0) is 31.9 Å². The summed E-state index contributed by atoms with van der Waals surface area (Å²) in [6.07, 6.45) is 5.57. The quantitative estimate of drug-likeness (QED) is 0.790. The van der Waals surface area contributed by atoms with Crippen molar-refractivity contribution in [1.82, 2.24) is 19.9 Å². The molecule has 1 unspecified atom stereocenters. The van der Waals surface area contributed by atoms with E-state index in [1.54, 1.807) is 13.1 Å². The molecule has 2 aromatic heterocycles. The number of nitrogens with zero attached hydrogens (tertiary/aromatic N) is 5. The van der Waals surface area contributed by atoms with Gasteiger partial charge in [-0.15, -0.1) is 0 Å². The minimum Gasteiger partial charge on any atom is -0.365 e. The third-order valence-electron chi connectivity index (χ3n) is 5.42. The summed E-state index contributed by atoms with van der Waals surface area (Å²) in [7, 11) is 0. The molecule has 2 aliphatic rings. The first-order valence-corrected chi connectivity index (χ1v) is 9.84. The first-order chi connectivity index (χ1) is 13.9. The van der Waals surface area contributed by atoms with Gasteiger partial charge < -0.3 is 20.9 Å². The average Bonchev–Trinajstić information content (AvgIpc) is 3.53. The molecule has 3 heterocycles. The number of amides is 2. The first kappa shape index (κ1) is 19.1. The average molecular weight is 395 g/mol. The summed E-state index contributed by atoms with van der Waals surface area (Å²) in [5.41, 5.74) is 7.55. The van der Waals surface area contributed by atoms with Gasteiger partial charge in [0.05, 0.1) is 11.9 Å². The fourth-order valence-electron chi connectivity index (χ4n) is 3.56. The summed E-state index contributed by atoms with van der Waals surface area (Å²) >= 11 is 0. The zero-order valence-corrected chi connectivity index (χ0v) is 16.6. The Balaban J connectivity index is 1.57. The number of hydrogen-bond acceptors (Lipinski definition) is 7. The maximum atomic E-state index is 11.9. The number of pyridine rings is 1. The van der Waals surface area contributed by atoms with Gasteiger partial charge in [0.2, 0.25) is 11.9 Å². The van der Waals surface area contributed by atoms with E-state index in [0.717, 1.165) is 11.4 Å². The second-order valence-corrected chi connectivity index (χ2v) is 7.67. The lowest BCUT2D eigenvalue weighted by Gasteiger charge is -2.39. The van der Waals surface area contributed by atoms with Gasteiger partial charge in [-0.2, -0.15) is 4.98 Å². The molecule has 1 saturated heterocycles. The van der Waals surface area contributed by atoms with Crippen molar-refractivity contribution in [2.45, 2.75) is 38.6 Å². The zero-order valence-electron chi connectivity index (χ0n) is 16.6. The van der Waals surface area contributed by atoms with Crippen LogP contribution >= 0.6 is 0 Å². The van der Waals surface area contributed by atoms with Crippen LogP contribution in [0.4, 0.5) is 17.5 Å². The van der Waals surface area contributed by atoms with Gasteiger partial charge in [0.1, 0.15) is 11.4 Å². The summed E-state index contributed by atoms with van der Waals surface area (Å²) in [5.74, 6) is 0.883. The number of aromatic nitrogens is 3. The Morgan fingerprint density at radius 3 is 2.55 bits per heavy atom. The molecular formula is C20H25N7O2.